The molecule has 0 amide bonds. The van der Waals surface area contributed by atoms with E-state index in [0.717, 1.165) is 71.7 Å². The average molecular weight is 1560 g/mol. The number of rotatable bonds is 37. The van der Waals surface area contributed by atoms with E-state index in [4.69, 9.17) is 60.7 Å². The number of aliphatic hydroxyl groups is 2. The molecule has 0 radical (unpaired) electrons. The Hall–Kier alpha value is -12.3. The zero-order valence-corrected chi connectivity index (χ0v) is 66.8. The predicted molar refractivity (Wildman–Crippen MR) is 427 cm³/mol. The maximum atomic E-state index is 11.7. The summed E-state index contributed by atoms with van der Waals surface area (Å²) in [6.07, 6.45) is 12.9. The van der Waals surface area contributed by atoms with Crippen molar-refractivity contribution in [2.75, 3.05) is 86.2 Å². The van der Waals surface area contributed by atoms with Gasteiger partial charge in [0.1, 0.15) is 0 Å². The minimum Gasteiger partial charge on any atom is -0.490 e. The Labute approximate surface area is 662 Å². The molecule has 0 bridgehead atoms. The van der Waals surface area contributed by atoms with Gasteiger partial charge in [-0.1, -0.05) is 34.5 Å². The van der Waals surface area contributed by atoms with Crippen LogP contribution in [0, 0.1) is 0 Å². The van der Waals surface area contributed by atoms with E-state index in [1.54, 1.807) is 49.1 Å². The highest BCUT2D eigenvalue weighted by Crippen LogP contribution is 2.38. The van der Waals surface area contributed by atoms with E-state index in [2.05, 4.69) is 90.6 Å². The number of aliphatic hydroxyl groups excluding tert-OH is 2. The Bertz CT molecular complexity index is 4950. The van der Waals surface area contributed by atoms with Crippen LogP contribution in [0.25, 0.3) is 91.4 Å². The van der Waals surface area contributed by atoms with E-state index in [9.17, 15) is 15.0 Å². The Morgan fingerprint density at radius 2 is 0.789 bits per heavy atom. The highest BCUT2D eigenvalue weighted by Gasteiger charge is 2.22. The van der Waals surface area contributed by atoms with Crippen molar-refractivity contribution in [2.24, 2.45) is 0 Å². The summed E-state index contributed by atoms with van der Waals surface area (Å²) in [4.78, 5) is 49.0. The van der Waals surface area contributed by atoms with E-state index >= 15 is 0 Å². The van der Waals surface area contributed by atoms with Gasteiger partial charge in [-0.3, -0.25) is 19.9 Å². The van der Waals surface area contributed by atoms with E-state index in [0.29, 0.717) is 180 Å². The first-order chi connectivity index (χ1) is 55.5. The number of carbonyl (C=O) groups is 1. The van der Waals surface area contributed by atoms with Gasteiger partial charge in [0.25, 0.3) is 23.6 Å². The Morgan fingerprint density at radius 3 is 1.17 bits per heavy atom. The summed E-state index contributed by atoms with van der Waals surface area (Å²) >= 11 is 0. The molecular formula is C84H100N14O16. The number of nitrogens with one attached hydrogen (secondary N) is 1. The molecule has 12 aromatic rings. The van der Waals surface area contributed by atoms with Gasteiger partial charge in [-0.2, -0.15) is 19.9 Å². The number of methoxy groups -OCH3 is 1. The maximum Gasteiger partial charge on any atom is 0.339 e. The number of benzene rings is 4. The van der Waals surface area contributed by atoms with Gasteiger partial charge in [0.05, 0.1) is 84.4 Å². The Balaban J connectivity index is 0.000000175. The number of carbonyl (C=O) groups excluding carboxylic acids is 1. The van der Waals surface area contributed by atoms with Crippen LogP contribution in [0.3, 0.4) is 0 Å². The molecule has 30 heteroatoms. The molecule has 0 saturated heterocycles. The zero-order valence-electron chi connectivity index (χ0n) is 66.8. The van der Waals surface area contributed by atoms with E-state index in [1.807, 2.05) is 154 Å². The summed E-state index contributed by atoms with van der Waals surface area (Å²) in [6, 6.07) is 33.1. The van der Waals surface area contributed by atoms with Crippen LogP contribution >= 0.6 is 0 Å². The van der Waals surface area contributed by atoms with Gasteiger partial charge in [0.2, 0.25) is 23.3 Å². The van der Waals surface area contributed by atoms with Gasteiger partial charge < -0.3 is 81.2 Å². The monoisotopic (exact) mass is 1560 g/mol. The number of pyridine rings is 4. The Kier molecular flexibility index (Phi) is 33.2. The molecule has 114 heavy (non-hydrogen) atoms. The fourth-order valence-electron chi connectivity index (χ4n) is 11.1. The van der Waals surface area contributed by atoms with Crippen molar-refractivity contribution in [1.82, 2.24) is 70.7 Å². The number of hydrogen-bond acceptors (Lipinski definition) is 30. The number of esters is 1. The van der Waals surface area contributed by atoms with Crippen LogP contribution in [0.2, 0.25) is 0 Å². The molecule has 0 saturated carbocycles. The second-order valence-corrected chi connectivity index (χ2v) is 25.4. The highest BCUT2D eigenvalue weighted by molar-refractivity contribution is 5.90. The minimum absolute atomic E-state index is 0.0344. The normalized spacial score (nSPS) is 11.0. The summed E-state index contributed by atoms with van der Waals surface area (Å²) in [5.74, 6) is 8.04. The topological polar surface area (TPSA) is 363 Å². The fourth-order valence-corrected chi connectivity index (χ4v) is 11.1. The quantitative estimate of drug-likeness (QED) is 0.0240. The van der Waals surface area contributed by atoms with E-state index in [1.165, 1.54) is 19.7 Å². The van der Waals surface area contributed by atoms with Crippen LogP contribution < -0.4 is 43.2 Å². The van der Waals surface area contributed by atoms with Crippen molar-refractivity contribution in [3.8, 4) is 137 Å². The minimum atomic E-state index is -0.485. The maximum absolute atomic E-state index is 11.7. The van der Waals surface area contributed by atoms with Gasteiger partial charge in [0, 0.05) is 99.5 Å². The van der Waals surface area contributed by atoms with Crippen LogP contribution in [0.1, 0.15) is 123 Å². The summed E-state index contributed by atoms with van der Waals surface area (Å²) in [5.41, 5.74) is 8.37. The molecular weight excluding hydrogens is 1460 g/mol. The number of aryl methyl sites for hydroxylation is 1. The van der Waals surface area contributed by atoms with Crippen molar-refractivity contribution >= 4 is 5.97 Å². The molecule has 30 nitrogen and oxygen atoms in total. The number of ether oxygens (including phenoxy) is 9. The number of aromatic nitrogens is 12. The van der Waals surface area contributed by atoms with Gasteiger partial charge in [-0.05, 0) is 223 Å². The smallest absolute Gasteiger partial charge is 0.339 e. The molecule has 602 valence electrons. The molecule has 8 heterocycles. The molecule has 0 aliphatic rings. The number of hydrogen-bond donors (Lipinski definition) is 3. The third kappa shape index (κ3) is 24.4. The van der Waals surface area contributed by atoms with Crippen LogP contribution in [-0.4, -0.2) is 173 Å². The zero-order chi connectivity index (χ0) is 81.2. The standard InChI is InChI=1S/C25H34N4O3.C22H28N4O4.C19H19N3O5.C18H19N3O4/c1-5-29(6-2)16-10-9-11-21-17-19(14-15-26-21)24-27-25(32-28-24)20-12-13-22(30-7-3)23(18-20)31-8-4;1-5-28-18-8-7-16(12-19(18)29-6-2)21-25-20(26-30-21)15-9-10-23-17(11-15)13-24-22(3,4)14-27;1-4-25-15-7-6-12(9-16(15)26-5-2)18-21-17(22-27-18)13-8-14(11-20-10-13)19(23)24-3;1-3-23-15-6-5-13(8-16(15)24-4-2)18-20-17(21-25-18)14-7-12(11-22)9-19-10-14/h12-15,17-18H,5-11,16H2,1-4H3;7-12,24,27H,5-6,13-14H2,1-4H3;6-11H,4-5H2,1-3H3;5-10,22H,3-4,11H2,1-2H3. The molecule has 8 aromatic heterocycles. The third-order valence-electron chi connectivity index (χ3n) is 16.9. The summed E-state index contributed by atoms with van der Waals surface area (Å²) in [7, 11) is 1.31. The van der Waals surface area contributed by atoms with Crippen LogP contribution in [-0.2, 0) is 24.3 Å². The van der Waals surface area contributed by atoms with Crippen LogP contribution in [0.5, 0.6) is 46.0 Å². The van der Waals surface area contributed by atoms with Crippen molar-refractivity contribution in [3.63, 3.8) is 0 Å². The van der Waals surface area contributed by atoms with Crippen molar-refractivity contribution in [1.29, 1.82) is 0 Å². The number of nitrogens with zero attached hydrogens (tertiary/aromatic N) is 13. The molecule has 12 rings (SSSR count). The Morgan fingerprint density at radius 1 is 0.421 bits per heavy atom. The van der Waals surface area contributed by atoms with Crippen LogP contribution in [0.15, 0.2) is 164 Å². The lowest BCUT2D eigenvalue weighted by Crippen LogP contribution is -2.42. The molecule has 0 unspecified atom stereocenters. The number of unbranched alkanes of at least 4 members (excludes halogenated alkanes) is 1. The largest absolute Gasteiger partial charge is 0.490 e. The van der Waals surface area contributed by atoms with Gasteiger partial charge in [0.15, 0.2) is 46.0 Å². The van der Waals surface area contributed by atoms with Gasteiger partial charge in [-0.15, -0.1) is 0 Å². The lowest BCUT2D eigenvalue weighted by Gasteiger charge is -2.23. The fraction of sp³-hybridized carbons (Fsp3) is 0.369. The first-order valence-corrected chi connectivity index (χ1v) is 38.1. The molecule has 4 aromatic carbocycles. The van der Waals surface area contributed by atoms with Crippen molar-refractivity contribution < 1.29 is 75.7 Å². The average Bonchev–Trinajstić information content (AvgIpc) is 1.71. The molecule has 3 N–H and O–H groups in total. The molecule has 0 spiro atoms. The van der Waals surface area contributed by atoms with E-state index in [-0.39, 0.29) is 18.8 Å². The second-order valence-electron chi connectivity index (χ2n) is 25.4. The first-order valence-electron chi connectivity index (χ1n) is 38.1. The van der Waals surface area contributed by atoms with E-state index < -0.39 is 5.97 Å². The second kappa shape index (κ2) is 44.1. The predicted octanol–water partition coefficient (Wildman–Crippen LogP) is 15.2. The lowest BCUT2D eigenvalue weighted by molar-refractivity contribution is 0.0600. The van der Waals surface area contributed by atoms with Gasteiger partial charge in [-0.25, -0.2) is 4.79 Å². The molecule has 0 atom stereocenters. The first kappa shape index (κ1) is 85.7. The summed E-state index contributed by atoms with van der Waals surface area (Å²) < 4.78 is 71.4. The molecule has 0 aliphatic carbocycles. The summed E-state index contributed by atoms with van der Waals surface area (Å²) in [6.45, 7) is 31.8. The van der Waals surface area contributed by atoms with Gasteiger partial charge >= 0.3 is 5.97 Å². The van der Waals surface area contributed by atoms with Crippen molar-refractivity contribution in [2.45, 2.75) is 121 Å². The highest BCUT2D eigenvalue weighted by atomic mass is 16.5. The molecule has 0 fully saturated rings. The molecule has 0 aliphatic heterocycles. The third-order valence-corrected chi connectivity index (χ3v) is 16.9. The summed E-state index contributed by atoms with van der Waals surface area (Å²) in [5, 5.41) is 38.1. The lowest BCUT2D eigenvalue weighted by atomic mass is 10.1. The van der Waals surface area contributed by atoms with Crippen molar-refractivity contribution in [3.05, 3.63) is 169 Å². The van der Waals surface area contributed by atoms with Crippen LogP contribution in [0.4, 0.5) is 0 Å². The SMILES string of the molecule is CCOc1ccc(-c2nc(-c3ccnc(CCCCN(CC)CC)c3)no2)cc1OCC.CCOc1ccc(-c2nc(-c3ccnc(CNC(C)(C)CO)c3)no2)cc1OCC.CCOc1ccc(-c2nc(-c3cncc(C(=O)OC)c3)no2)cc1OCC.CCOc1ccc(-c2nc(-c3cncc(CO)c3)no2)cc1OCC.